The zero-order chi connectivity index (χ0) is 12.4. The molecule has 0 radical (unpaired) electrons. The number of rotatable bonds is 3. The quantitative estimate of drug-likeness (QED) is 0.889. The summed E-state index contributed by atoms with van der Waals surface area (Å²) in [6, 6.07) is 2.22. The predicted molar refractivity (Wildman–Crippen MR) is 69.0 cm³/mol. The average molecular weight is 254 g/mol. The van der Waals surface area contributed by atoms with Crippen molar-refractivity contribution in [3.63, 3.8) is 0 Å². The molecule has 1 saturated heterocycles. The van der Waals surface area contributed by atoms with Gasteiger partial charge in [0.1, 0.15) is 10.6 Å². The molecule has 17 heavy (non-hydrogen) atoms. The Hall–Kier alpha value is -1.07. The van der Waals surface area contributed by atoms with Crippen LogP contribution in [-0.4, -0.2) is 44.1 Å². The average Bonchev–Trinajstić information content (AvgIpc) is 2.95. The van der Waals surface area contributed by atoms with Crippen LogP contribution in [0, 0.1) is 6.92 Å². The summed E-state index contributed by atoms with van der Waals surface area (Å²) in [7, 11) is 3.48. The van der Waals surface area contributed by atoms with Gasteiger partial charge in [0.15, 0.2) is 0 Å². The Kier molecular flexibility index (Phi) is 3.69. The third-order valence-electron chi connectivity index (χ3n) is 3.14. The first-order chi connectivity index (χ1) is 8.13. The number of carbonyl (C=O) groups excluding carboxylic acids is 1. The minimum atomic E-state index is 0.0636. The zero-order valence-electron chi connectivity index (χ0n) is 10.4. The summed E-state index contributed by atoms with van der Waals surface area (Å²) < 4.78 is 5.25. The molecule has 0 saturated carbocycles. The summed E-state index contributed by atoms with van der Waals surface area (Å²) >= 11 is 1.50. The van der Waals surface area contributed by atoms with Crippen LogP contribution in [0.25, 0.3) is 0 Å². The molecule has 1 aromatic rings. The highest BCUT2D eigenvalue weighted by Gasteiger charge is 2.27. The second kappa shape index (κ2) is 5.06. The van der Waals surface area contributed by atoms with Crippen molar-refractivity contribution >= 4 is 17.2 Å². The van der Waals surface area contributed by atoms with Crippen molar-refractivity contribution in [2.75, 3.05) is 27.2 Å². The highest BCUT2D eigenvalue weighted by Crippen LogP contribution is 2.30. The Bertz CT molecular complexity index is 411. The van der Waals surface area contributed by atoms with Gasteiger partial charge in [-0.1, -0.05) is 0 Å². The van der Waals surface area contributed by atoms with E-state index in [-0.39, 0.29) is 5.91 Å². The molecule has 0 spiro atoms. The van der Waals surface area contributed by atoms with Crippen molar-refractivity contribution in [3.05, 3.63) is 15.8 Å². The van der Waals surface area contributed by atoms with Gasteiger partial charge in [-0.3, -0.25) is 4.79 Å². The molecular weight excluding hydrogens is 236 g/mol. The lowest BCUT2D eigenvalue weighted by atomic mass is 10.2. The van der Waals surface area contributed by atoms with Crippen LogP contribution in [0.3, 0.4) is 0 Å². The Morgan fingerprint density at radius 3 is 3.00 bits per heavy atom. The minimum Gasteiger partial charge on any atom is -0.495 e. The summed E-state index contributed by atoms with van der Waals surface area (Å²) in [5, 5.41) is 3.27. The molecule has 1 unspecified atom stereocenters. The SMILES string of the molecule is COc1cc(C)sc1C(=O)N(C)C1CCNC1. The van der Waals surface area contributed by atoms with Crippen molar-refractivity contribution in [1.29, 1.82) is 0 Å². The van der Waals surface area contributed by atoms with Crippen LogP contribution in [0.5, 0.6) is 5.75 Å². The van der Waals surface area contributed by atoms with Gasteiger partial charge in [0, 0.05) is 24.5 Å². The molecular formula is C12H18N2O2S. The fourth-order valence-corrected chi connectivity index (χ4v) is 3.05. The number of nitrogens with one attached hydrogen (secondary N) is 1. The highest BCUT2D eigenvalue weighted by molar-refractivity contribution is 7.14. The first-order valence-electron chi connectivity index (χ1n) is 5.75. The fourth-order valence-electron chi connectivity index (χ4n) is 2.09. The van der Waals surface area contributed by atoms with Gasteiger partial charge < -0.3 is 15.0 Å². The minimum absolute atomic E-state index is 0.0636. The van der Waals surface area contributed by atoms with Crippen LogP contribution in [0.2, 0.25) is 0 Å². The molecule has 1 atom stereocenters. The van der Waals surface area contributed by atoms with Crippen LogP contribution in [0.15, 0.2) is 6.07 Å². The second-order valence-electron chi connectivity index (χ2n) is 4.32. The summed E-state index contributed by atoms with van der Waals surface area (Å²) in [6.45, 7) is 3.86. The number of aryl methyl sites for hydroxylation is 1. The van der Waals surface area contributed by atoms with Crippen molar-refractivity contribution in [1.82, 2.24) is 10.2 Å². The smallest absolute Gasteiger partial charge is 0.267 e. The first kappa shape index (κ1) is 12.4. The Balaban J connectivity index is 2.17. The number of carbonyl (C=O) groups is 1. The number of hydrogen-bond acceptors (Lipinski definition) is 4. The number of ether oxygens (including phenoxy) is 1. The van der Waals surface area contributed by atoms with Crippen molar-refractivity contribution in [3.8, 4) is 5.75 Å². The monoisotopic (exact) mass is 254 g/mol. The molecule has 0 bridgehead atoms. The molecule has 5 heteroatoms. The topological polar surface area (TPSA) is 41.6 Å². The molecule has 1 fully saturated rings. The van der Waals surface area contributed by atoms with Gasteiger partial charge >= 0.3 is 0 Å². The van der Waals surface area contributed by atoms with Gasteiger partial charge in [0.2, 0.25) is 0 Å². The molecule has 1 aromatic heterocycles. The van der Waals surface area contributed by atoms with E-state index in [0.717, 1.165) is 24.4 Å². The van der Waals surface area contributed by atoms with Crippen LogP contribution in [0.1, 0.15) is 21.0 Å². The van der Waals surface area contributed by atoms with Crippen molar-refractivity contribution in [2.24, 2.45) is 0 Å². The van der Waals surface area contributed by atoms with E-state index >= 15 is 0 Å². The van der Waals surface area contributed by atoms with Gasteiger partial charge in [-0.2, -0.15) is 0 Å². The van der Waals surface area contributed by atoms with E-state index in [0.29, 0.717) is 16.7 Å². The number of amides is 1. The summed E-state index contributed by atoms with van der Waals surface area (Å²) in [6.07, 6.45) is 1.02. The van der Waals surface area contributed by atoms with Crippen molar-refractivity contribution < 1.29 is 9.53 Å². The predicted octanol–water partition coefficient (Wildman–Crippen LogP) is 1.50. The summed E-state index contributed by atoms with van der Waals surface area (Å²) in [5.74, 6) is 0.754. The van der Waals surface area contributed by atoms with Gasteiger partial charge in [0.05, 0.1) is 7.11 Å². The fraction of sp³-hybridized carbons (Fsp3) is 0.583. The number of thiophene rings is 1. The van der Waals surface area contributed by atoms with E-state index in [4.69, 9.17) is 4.74 Å². The Labute approximate surface area is 106 Å². The molecule has 0 aromatic carbocycles. The van der Waals surface area contributed by atoms with Crippen LogP contribution in [-0.2, 0) is 0 Å². The number of nitrogens with zero attached hydrogens (tertiary/aromatic N) is 1. The molecule has 1 amide bonds. The highest BCUT2D eigenvalue weighted by atomic mass is 32.1. The van der Waals surface area contributed by atoms with E-state index in [1.54, 1.807) is 7.11 Å². The van der Waals surface area contributed by atoms with Crippen LogP contribution >= 0.6 is 11.3 Å². The molecule has 1 aliphatic heterocycles. The maximum atomic E-state index is 12.4. The lowest BCUT2D eigenvalue weighted by Gasteiger charge is -2.23. The Morgan fingerprint density at radius 1 is 1.65 bits per heavy atom. The standard InChI is InChI=1S/C12H18N2O2S/c1-8-6-10(16-3)11(17-8)12(15)14(2)9-4-5-13-7-9/h6,9,13H,4-5,7H2,1-3H3. The summed E-state index contributed by atoms with van der Waals surface area (Å²) in [4.78, 5) is 16.0. The van der Waals surface area contributed by atoms with Crippen LogP contribution < -0.4 is 10.1 Å². The number of methoxy groups -OCH3 is 1. The van der Waals surface area contributed by atoms with E-state index in [1.807, 2.05) is 24.9 Å². The van der Waals surface area contributed by atoms with Gasteiger partial charge in [-0.25, -0.2) is 0 Å². The number of hydrogen-bond donors (Lipinski definition) is 1. The molecule has 0 aliphatic carbocycles. The lowest BCUT2D eigenvalue weighted by molar-refractivity contribution is 0.0745. The first-order valence-corrected chi connectivity index (χ1v) is 6.57. The maximum Gasteiger partial charge on any atom is 0.267 e. The maximum absolute atomic E-state index is 12.4. The third kappa shape index (κ3) is 2.45. The van der Waals surface area contributed by atoms with Gasteiger partial charge in [-0.15, -0.1) is 11.3 Å². The number of likely N-dealkylation sites (N-methyl/N-ethyl adjacent to an activating group) is 1. The van der Waals surface area contributed by atoms with Gasteiger partial charge in [0.25, 0.3) is 5.91 Å². The second-order valence-corrected chi connectivity index (χ2v) is 5.57. The van der Waals surface area contributed by atoms with E-state index in [1.165, 1.54) is 11.3 Å². The molecule has 1 aliphatic rings. The molecule has 1 N–H and O–H groups in total. The normalized spacial score (nSPS) is 19.4. The van der Waals surface area contributed by atoms with Crippen molar-refractivity contribution in [2.45, 2.75) is 19.4 Å². The lowest BCUT2D eigenvalue weighted by Crippen LogP contribution is -2.38. The molecule has 94 valence electrons. The largest absolute Gasteiger partial charge is 0.495 e. The van der Waals surface area contributed by atoms with Gasteiger partial charge in [-0.05, 0) is 26.0 Å². The zero-order valence-corrected chi connectivity index (χ0v) is 11.3. The van der Waals surface area contributed by atoms with Crippen LogP contribution in [0.4, 0.5) is 0 Å². The third-order valence-corrected chi connectivity index (χ3v) is 4.16. The van der Waals surface area contributed by atoms with E-state index in [2.05, 4.69) is 5.32 Å². The molecule has 4 nitrogen and oxygen atoms in total. The molecule has 2 heterocycles. The summed E-state index contributed by atoms with van der Waals surface area (Å²) in [5.41, 5.74) is 0. The van der Waals surface area contributed by atoms with E-state index in [9.17, 15) is 4.79 Å². The van der Waals surface area contributed by atoms with E-state index < -0.39 is 0 Å². The Morgan fingerprint density at radius 2 is 2.41 bits per heavy atom. The molecule has 2 rings (SSSR count).